The van der Waals surface area contributed by atoms with Crippen LogP contribution in [0.5, 0.6) is 0 Å². The fourth-order valence-corrected chi connectivity index (χ4v) is 1.87. The molecule has 0 unspecified atom stereocenters. The minimum atomic E-state index is 1.17. The van der Waals surface area contributed by atoms with Crippen LogP contribution in [0.2, 0.25) is 0 Å². The van der Waals surface area contributed by atoms with Gasteiger partial charge in [-0.05, 0) is 12.8 Å². The normalized spacial score (nSPS) is 19.0. The zero-order chi connectivity index (χ0) is 8.23. The molecule has 1 aliphatic heterocycles. The van der Waals surface area contributed by atoms with Gasteiger partial charge >= 0.3 is 0 Å². The second-order valence-electron chi connectivity index (χ2n) is 3.55. The summed E-state index contributed by atoms with van der Waals surface area (Å²) in [4.78, 5) is 4.36. The summed E-state index contributed by atoms with van der Waals surface area (Å²) in [6.45, 7) is 1.18. The van der Waals surface area contributed by atoms with Gasteiger partial charge in [0.1, 0.15) is 5.82 Å². The monoisotopic (exact) mass is 164 g/mol. The molecule has 0 fully saturated rings. The molecule has 1 aromatic heterocycles. The van der Waals surface area contributed by atoms with Crippen molar-refractivity contribution in [3.63, 3.8) is 0 Å². The summed E-state index contributed by atoms with van der Waals surface area (Å²) in [7, 11) is 0. The molecule has 2 rings (SSSR count). The molecule has 0 bridgehead atoms. The van der Waals surface area contributed by atoms with Gasteiger partial charge in [-0.1, -0.05) is 19.3 Å². The summed E-state index contributed by atoms with van der Waals surface area (Å²) in [6, 6.07) is 0. The van der Waals surface area contributed by atoms with Crippen molar-refractivity contribution in [2.45, 2.75) is 45.1 Å². The smallest absolute Gasteiger partial charge is 0.108 e. The van der Waals surface area contributed by atoms with Crippen LogP contribution in [-0.4, -0.2) is 9.55 Å². The van der Waals surface area contributed by atoms with Crippen molar-refractivity contribution in [3.05, 3.63) is 18.2 Å². The van der Waals surface area contributed by atoms with Crippen LogP contribution in [-0.2, 0) is 13.0 Å². The van der Waals surface area contributed by atoms with E-state index in [4.69, 9.17) is 0 Å². The molecular weight excluding hydrogens is 148 g/mol. The zero-order valence-electron chi connectivity index (χ0n) is 7.50. The van der Waals surface area contributed by atoms with Crippen molar-refractivity contribution < 1.29 is 0 Å². The number of fused-ring (bicyclic) bond motifs is 1. The lowest BCUT2D eigenvalue weighted by molar-refractivity contribution is 0.585. The summed E-state index contributed by atoms with van der Waals surface area (Å²) in [6.07, 6.45) is 12.0. The van der Waals surface area contributed by atoms with Gasteiger partial charge in [0.2, 0.25) is 0 Å². The average molecular weight is 164 g/mol. The molecule has 0 amide bonds. The predicted octanol–water partition coefficient (Wildman–Crippen LogP) is 2.39. The first-order valence-electron chi connectivity index (χ1n) is 4.97. The predicted molar refractivity (Wildman–Crippen MR) is 49.0 cm³/mol. The molecule has 12 heavy (non-hydrogen) atoms. The Morgan fingerprint density at radius 2 is 1.92 bits per heavy atom. The van der Waals surface area contributed by atoms with Crippen LogP contribution in [0.3, 0.4) is 0 Å². The van der Waals surface area contributed by atoms with E-state index >= 15 is 0 Å². The van der Waals surface area contributed by atoms with Gasteiger partial charge in [0.05, 0.1) is 0 Å². The number of nitrogens with zero attached hydrogens (tertiary/aromatic N) is 2. The van der Waals surface area contributed by atoms with Crippen molar-refractivity contribution in [1.29, 1.82) is 0 Å². The zero-order valence-corrected chi connectivity index (χ0v) is 7.50. The number of rotatable bonds is 0. The second-order valence-corrected chi connectivity index (χ2v) is 3.55. The highest BCUT2D eigenvalue weighted by molar-refractivity contribution is 4.92. The summed E-state index contributed by atoms with van der Waals surface area (Å²) in [5.41, 5.74) is 0. The molecule has 1 aromatic rings. The van der Waals surface area contributed by atoms with Gasteiger partial charge in [-0.2, -0.15) is 0 Å². The van der Waals surface area contributed by atoms with E-state index in [-0.39, 0.29) is 0 Å². The van der Waals surface area contributed by atoms with Gasteiger partial charge in [-0.15, -0.1) is 0 Å². The van der Waals surface area contributed by atoms with E-state index in [1.807, 2.05) is 6.20 Å². The van der Waals surface area contributed by atoms with Crippen LogP contribution >= 0.6 is 0 Å². The highest BCUT2D eigenvalue weighted by Crippen LogP contribution is 2.12. The van der Waals surface area contributed by atoms with Gasteiger partial charge in [0.25, 0.3) is 0 Å². The number of imidazole rings is 1. The van der Waals surface area contributed by atoms with Crippen LogP contribution in [0.4, 0.5) is 0 Å². The van der Waals surface area contributed by atoms with Crippen molar-refractivity contribution in [2.75, 3.05) is 0 Å². The van der Waals surface area contributed by atoms with Crippen molar-refractivity contribution in [2.24, 2.45) is 0 Å². The molecule has 0 saturated carbocycles. The molecule has 0 atom stereocenters. The number of aryl methyl sites for hydroxylation is 2. The minimum Gasteiger partial charge on any atom is -0.335 e. The first kappa shape index (κ1) is 7.84. The van der Waals surface area contributed by atoms with Crippen molar-refractivity contribution in [1.82, 2.24) is 9.55 Å². The Labute approximate surface area is 73.6 Å². The maximum atomic E-state index is 4.36. The summed E-state index contributed by atoms with van der Waals surface area (Å²) < 4.78 is 2.31. The molecular formula is C10H16N2. The molecule has 0 spiro atoms. The van der Waals surface area contributed by atoms with Crippen LogP contribution in [0.25, 0.3) is 0 Å². The molecule has 2 heterocycles. The van der Waals surface area contributed by atoms with E-state index in [1.165, 1.54) is 50.9 Å². The fourth-order valence-electron chi connectivity index (χ4n) is 1.87. The third-order valence-corrected chi connectivity index (χ3v) is 2.60. The van der Waals surface area contributed by atoms with Crippen LogP contribution in [0.1, 0.15) is 37.9 Å². The minimum absolute atomic E-state index is 1.17. The van der Waals surface area contributed by atoms with Gasteiger partial charge < -0.3 is 4.57 Å². The van der Waals surface area contributed by atoms with Crippen LogP contribution in [0, 0.1) is 0 Å². The Hall–Kier alpha value is -0.790. The third-order valence-electron chi connectivity index (χ3n) is 2.60. The summed E-state index contributed by atoms with van der Waals surface area (Å²) >= 11 is 0. The topological polar surface area (TPSA) is 17.8 Å². The first-order chi connectivity index (χ1) is 5.97. The number of hydrogen-bond acceptors (Lipinski definition) is 1. The van der Waals surface area contributed by atoms with Crippen LogP contribution < -0.4 is 0 Å². The molecule has 66 valence electrons. The van der Waals surface area contributed by atoms with Crippen molar-refractivity contribution >= 4 is 0 Å². The molecule has 0 aliphatic carbocycles. The van der Waals surface area contributed by atoms with Gasteiger partial charge in [-0.3, -0.25) is 0 Å². The lowest BCUT2D eigenvalue weighted by Crippen LogP contribution is -2.01. The Balaban J connectivity index is 2.10. The number of hydrogen-bond donors (Lipinski definition) is 0. The molecule has 0 saturated heterocycles. The molecule has 2 heteroatoms. The van der Waals surface area contributed by atoms with Crippen molar-refractivity contribution in [3.8, 4) is 0 Å². The number of aromatic nitrogens is 2. The largest absolute Gasteiger partial charge is 0.335 e. The van der Waals surface area contributed by atoms with Gasteiger partial charge in [0.15, 0.2) is 0 Å². The fraction of sp³-hybridized carbons (Fsp3) is 0.700. The lowest BCUT2D eigenvalue weighted by atomic mass is 10.1. The van der Waals surface area contributed by atoms with Gasteiger partial charge in [0, 0.05) is 25.4 Å². The first-order valence-corrected chi connectivity index (χ1v) is 4.97. The van der Waals surface area contributed by atoms with E-state index in [2.05, 4.69) is 15.7 Å². The van der Waals surface area contributed by atoms with Gasteiger partial charge in [-0.25, -0.2) is 4.98 Å². The standard InChI is InChI=1S/C10H16N2/c1-2-4-6-10-11-7-9-12(10)8-5-3-1/h7,9H,1-6,8H2. The lowest BCUT2D eigenvalue weighted by Gasteiger charge is -2.03. The molecule has 0 radical (unpaired) electrons. The Morgan fingerprint density at radius 3 is 2.92 bits per heavy atom. The van der Waals surface area contributed by atoms with E-state index in [1.54, 1.807) is 0 Å². The quantitative estimate of drug-likeness (QED) is 0.575. The Morgan fingerprint density at radius 1 is 1.08 bits per heavy atom. The van der Waals surface area contributed by atoms with Crippen LogP contribution in [0.15, 0.2) is 12.4 Å². The highest BCUT2D eigenvalue weighted by Gasteiger charge is 2.04. The maximum absolute atomic E-state index is 4.36. The summed E-state index contributed by atoms with van der Waals surface area (Å²) in [5, 5.41) is 0. The average Bonchev–Trinajstić information content (AvgIpc) is 2.50. The van der Waals surface area contributed by atoms with E-state index in [0.29, 0.717) is 0 Å². The SMILES string of the molecule is c1cn2c(n1)CCCCCCC2. The molecule has 0 aromatic carbocycles. The van der Waals surface area contributed by atoms with E-state index in [0.717, 1.165) is 0 Å². The maximum Gasteiger partial charge on any atom is 0.108 e. The molecule has 1 aliphatic rings. The Bertz CT molecular complexity index is 217. The van der Waals surface area contributed by atoms with E-state index in [9.17, 15) is 0 Å². The third kappa shape index (κ3) is 1.68. The summed E-state index contributed by atoms with van der Waals surface area (Å²) in [5.74, 6) is 1.29. The second kappa shape index (κ2) is 3.74. The van der Waals surface area contributed by atoms with E-state index < -0.39 is 0 Å². The Kier molecular flexibility index (Phi) is 2.45. The molecule has 2 nitrogen and oxygen atoms in total. The highest BCUT2D eigenvalue weighted by atomic mass is 15.1. The molecule has 0 N–H and O–H groups in total.